The van der Waals surface area contributed by atoms with E-state index in [0.29, 0.717) is 0 Å². The van der Waals surface area contributed by atoms with E-state index in [1.165, 1.54) is 27.4 Å². The summed E-state index contributed by atoms with van der Waals surface area (Å²) >= 11 is 6.25. The number of hydrogen-bond donors (Lipinski definition) is 2. The first-order valence-corrected chi connectivity index (χ1v) is 10.8. The number of nitrogens with zero attached hydrogens (tertiary/aromatic N) is 1. The largest absolute Gasteiger partial charge is 0.347 e. The predicted octanol–water partition coefficient (Wildman–Crippen LogP) is 4.98. The average molecular weight is 386 g/mol. The maximum atomic E-state index is 4.36. The van der Waals surface area contributed by atoms with E-state index >= 15 is 0 Å². The number of quaternary nitrogens is 1. The van der Waals surface area contributed by atoms with Gasteiger partial charge in [0.1, 0.15) is 5.69 Å². The summed E-state index contributed by atoms with van der Waals surface area (Å²) in [5.74, 6) is 1.81. The number of benzene rings is 2. The van der Waals surface area contributed by atoms with Gasteiger partial charge in [0.25, 0.3) is 0 Å². The lowest BCUT2D eigenvalue weighted by molar-refractivity contribution is -0.541. The van der Waals surface area contributed by atoms with E-state index in [9.17, 15) is 0 Å². The van der Waals surface area contributed by atoms with Crippen molar-refractivity contribution in [3.8, 4) is 0 Å². The van der Waals surface area contributed by atoms with Crippen LogP contribution in [-0.2, 0) is 0 Å². The molecule has 0 aliphatic carbocycles. The van der Waals surface area contributed by atoms with Gasteiger partial charge in [-0.05, 0) is 23.8 Å². The normalized spacial score (nSPS) is 14.0. The quantitative estimate of drug-likeness (QED) is 0.415. The standard InChI is InChI=1S/C20H22N2S2.C2H6/c1-21-18-7-3-5-9-20(18)24-15-11-16-10-12-22(13-14-23)19-8-4-2-6-17(16)19;1-2/h2-12,21,23H,13-15H2,1H3;1-2H3/p+1. The second-order valence-electron chi connectivity index (χ2n) is 5.55. The van der Waals surface area contributed by atoms with E-state index in [1.807, 2.05) is 25.6 Å². The van der Waals surface area contributed by atoms with Gasteiger partial charge in [-0.15, -0.1) is 11.8 Å². The zero-order chi connectivity index (χ0) is 18.8. The third-order valence-electron chi connectivity index (χ3n) is 4.07. The number of allylic oxidation sites excluding steroid dienone is 2. The van der Waals surface area contributed by atoms with Gasteiger partial charge in [-0.2, -0.15) is 12.6 Å². The molecule has 2 aromatic rings. The molecule has 1 aliphatic heterocycles. The smallest absolute Gasteiger partial charge is 0.143 e. The van der Waals surface area contributed by atoms with Crippen molar-refractivity contribution in [1.29, 1.82) is 0 Å². The van der Waals surface area contributed by atoms with Crippen LogP contribution in [0.3, 0.4) is 0 Å². The van der Waals surface area contributed by atoms with Crippen LogP contribution in [0.1, 0.15) is 19.4 Å². The summed E-state index contributed by atoms with van der Waals surface area (Å²) in [4.78, 5) is 3.61. The van der Waals surface area contributed by atoms with Crippen molar-refractivity contribution >= 4 is 41.3 Å². The fourth-order valence-corrected chi connectivity index (χ4v) is 4.05. The second-order valence-corrected chi connectivity index (χ2v) is 7.06. The minimum atomic E-state index is 0.845. The van der Waals surface area contributed by atoms with Gasteiger partial charge in [0.15, 0.2) is 0 Å². The Labute approximate surface area is 167 Å². The van der Waals surface area contributed by atoms with Crippen LogP contribution >= 0.6 is 24.4 Å². The van der Waals surface area contributed by atoms with E-state index in [2.05, 4.69) is 96.8 Å². The van der Waals surface area contributed by atoms with E-state index in [4.69, 9.17) is 0 Å². The molecule has 0 saturated heterocycles. The van der Waals surface area contributed by atoms with Gasteiger partial charge in [0.05, 0.1) is 11.9 Å². The summed E-state index contributed by atoms with van der Waals surface area (Å²) < 4.78 is 0. The second kappa shape index (κ2) is 11.2. The van der Waals surface area contributed by atoms with E-state index < -0.39 is 0 Å². The Balaban J connectivity index is 0.00000117. The first-order chi connectivity index (χ1) is 12.8. The summed E-state index contributed by atoms with van der Waals surface area (Å²) in [7, 11) is 2.09. The summed E-state index contributed by atoms with van der Waals surface area (Å²) in [6.45, 7) is 4.93. The molecule has 4 heteroatoms. The highest BCUT2D eigenvalue weighted by Crippen LogP contribution is 2.33. The molecular formula is C22H29N2S2+. The molecule has 26 heavy (non-hydrogen) atoms. The Kier molecular flexibility index (Phi) is 8.89. The van der Waals surface area contributed by atoms with Crippen LogP contribution in [0, 0.1) is 0 Å². The predicted molar refractivity (Wildman–Crippen MR) is 121 cm³/mol. The van der Waals surface area contributed by atoms with Crippen LogP contribution in [0.5, 0.6) is 0 Å². The van der Waals surface area contributed by atoms with E-state index in [-0.39, 0.29) is 0 Å². The van der Waals surface area contributed by atoms with Crippen molar-refractivity contribution in [3.05, 3.63) is 72.4 Å². The van der Waals surface area contributed by atoms with E-state index in [0.717, 1.165) is 18.1 Å². The molecule has 0 radical (unpaired) electrons. The Morgan fingerprint density at radius 1 is 1.08 bits per heavy atom. The summed E-state index contributed by atoms with van der Waals surface area (Å²) in [5, 5.41) is 2.17. The zero-order valence-corrected chi connectivity index (χ0v) is 17.6. The van der Waals surface area contributed by atoms with Gasteiger partial charge < -0.3 is 10.2 Å². The van der Waals surface area contributed by atoms with Crippen molar-refractivity contribution in [3.63, 3.8) is 0 Å². The first kappa shape index (κ1) is 20.7. The lowest BCUT2D eigenvalue weighted by Crippen LogP contribution is -2.72. The number of nitrogens with two attached hydrogens (primary N) is 1. The Morgan fingerprint density at radius 3 is 2.58 bits per heavy atom. The summed E-state index contributed by atoms with van der Waals surface area (Å²) in [6.07, 6.45) is 6.71. The molecular weight excluding hydrogens is 356 g/mol. The molecule has 0 spiro atoms. The van der Waals surface area contributed by atoms with Crippen molar-refractivity contribution in [2.75, 3.05) is 30.0 Å². The average Bonchev–Trinajstić information content (AvgIpc) is 2.71. The van der Waals surface area contributed by atoms with Crippen molar-refractivity contribution in [2.45, 2.75) is 18.7 Å². The minimum Gasteiger partial charge on any atom is -0.347 e. The molecule has 0 saturated carbocycles. The molecule has 1 aliphatic rings. The van der Waals surface area contributed by atoms with Crippen LogP contribution in [0.25, 0.3) is 5.57 Å². The maximum Gasteiger partial charge on any atom is 0.143 e. The van der Waals surface area contributed by atoms with Gasteiger partial charge >= 0.3 is 0 Å². The first-order valence-electron chi connectivity index (χ1n) is 9.20. The summed E-state index contributed by atoms with van der Waals surface area (Å²) in [5.41, 5.74) is 5.18. The number of anilines is 1. The molecule has 2 N–H and O–H groups in total. The molecule has 0 fully saturated rings. The number of hydrogen-bond acceptors (Lipinski definition) is 3. The lowest BCUT2D eigenvalue weighted by Gasteiger charge is -2.27. The number of para-hydroxylation sites is 2. The van der Waals surface area contributed by atoms with Gasteiger partial charge in [-0.3, -0.25) is 0 Å². The SMILES string of the molecule is CC.C[NH2+]c1ccccc1SCC=C1C=CN(CCS)c2ccccc21. The third-order valence-corrected chi connectivity index (χ3v) is 5.29. The van der Waals surface area contributed by atoms with Gasteiger partial charge in [0, 0.05) is 41.6 Å². The maximum absolute atomic E-state index is 4.36. The number of fused-ring (bicyclic) bond motifs is 1. The zero-order valence-electron chi connectivity index (χ0n) is 15.9. The fraction of sp³-hybridized carbons (Fsp3) is 0.273. The Hall–Kier alpha value is -1.62. The highest BCUT2D eigenvalue weighted by Gasteiger charge is 2.14. The number of thioether (sulfide) groups is 1. The third kappa shape index (κ3) is 5.19. The monoisotopic (exact) mass is 385 g/mol. The fourth-order valence-electron chi connectivity index (χ4n) is 2.86. The minimum absolute atomic E-state index is 0.845. The highest BCUT2D eigenvalue weighted by atomic mass is 32.2. The molecule has 2 nitrogen and oxygen atoms in total. The molecule has 3 rings (SSSR count). The highest BCUT2D eigenvalue weighted by molar-refractivity contribution is 7.99. The Bertz CT molecular complexity index is 753. The van der Waals surface area contributed by atoms with E-state index in [1.54, 1.807) is 0 Å². The molecule has 0 bridgehead atoms. The molecule has 0 aromatic heterocycles. The van der Waals surface area contributed by atoms with Crippen LogP contribution in [0.4, 0.5) is 11.4 Å². The number of rotatable bonds is 6. The molecule has 0 amide bonds. The molecule has 1 heterocycles. The van der Waals surface area contributed by atoms with Gasteiger partial charge in [-0.1, -0.05) is 50.3 Å². The molecule has 2 aromatic carbocycles. The molecule has 138 valence electrons. The van der Waals surface area contributed by atoms with Crippen LogP contribution in [0.2, 0.25) is 0 Å². The van der Waals surface area contributed by atoms with Crippen LogP contribution < -0.4 is 10.2 Å². The van der Waals surface area contributed by atoms with Crippen molar-refractivity contribution < 1.29 is 5.32 Å². The van der Waals surface area contributed by atoms with Crippen molar-refractivity contribution in [2.24, 2.45) is 0 Å². The van der Waals surface area contributed by atoms with Crippen LogP contribution in [0.15, 0.2) is 71.8 Å². The number of thiol groups is 1. The molecule has 0 atom stereocenters. The lowest BCUT2D eigenvalue weighted by atomic mass is 10.00. The van der Waals surface area contributed by atoms with Crippen LogP contribution in [-0.4, -0.2) is 25.1 Å². The van der Waals surface area contributed by atoms with Gasteiger partial charge in [-0.25, -0.2) is 0 Å². The topological polar surface area (TPSA) is 19.9 Å². The summed E-state index contributed by atoms with van der Waals surface area (Å²) in [6, 6.07) is 17.2. The Morgan fingerprint density at radius 2 is 1.81 bits per heavy atom. The van der Waals surface area contributed by atoms with Crippen molar-refractivity contribution in [1.82, 2.24) is 0 Å². The van der Waals surface area contributed by atoms with Gasteiger partial charge in [0.2, 0.25) is 0 Å². The molecule has 0 unspecified atom stereocenters.